The van der Waals surface area contributed by atoms with Crippen molar-refractivity contribution in [3.8, 4) is 0 Å². The number of fused-ring (bicyclic) bond motifs is 4. The topological polar surface area (TPSA) is 123 Å². The summed E-state index contributed by atoms with van der Waals surface area (Å²) in [6, 6.07) is 4.41. The van der Waals surface area contributed by atoms with Crippen LogP contribution in [-0.4, -0.2) is 40.2 Å². The van der Waals surface area contributed by atoms with Crippen LogP contribution in [0.15, 0.2) is 18.2 Å². The van der Waals surface area contributed by atoms with Crippen LogP contribution in [0.3, 0.4) is 0 Å². The highest BCUT2D eigenvalue weighted by atomic mass is 35.5. The van der Waals surface area contributed by atoms with Crippen molar-refractivity contribution in [2.75, 3.05) is 5.32 Å². The number of hydrogen-bond donors (Lipinski definition) is 2. The van der Waals surface area contributed by atoms with E-state index in [1.807, 2.05) is 0 Å². The minimum absolute atomic E-state index is 0.116. The summed E-state index contributed by atoms with van der Waals surface area (Å²) in [6.45, 7) is 5.28. The molecule has 1 aromatic rings. The Kier molecular flexibility index (Phi) is 4.29. The fraction of sp³-hybridized carbons (Fsp3) is 0.500. The van der Waals surface area contributed by atoms with Crippen LogP contribution in [0, 0.1) is 11.8 Å². The number of aliphatic carboxylic acids is 1. The number of benzene rings is 1. The number of carbonyl (C=O) groups is 4. The Bertz CT molecular complexity index is 956. The first-order chi connectivity index (χ1) is 13.5. The summed E-state index contributed by atoms with van der Waals surface area (Å²) in [6.07, 6.45) is -0.146. The summed E-state index contributed by atoms with van der Waals surface area (Å²) in [5, 5.41) is 16.0. The average molecular weight is 420 g/mol. The minimum Gasteiger partial charge on any atom is -0.550 e. The van der Waals surface area contributed by atoms with E-state index in [2.05, 4.69) is 5.32 Å². The molecule has 2 saturated heterocycles. The quantitative estimate of drug-likeness (QED) is 0.631. The van der Waals surface area contributed by atoms with Gasteiger partial charge in [0.2, 0.25) is 17.4 Å². The number of rotatable bonds is 3. The van der Waals surface area contributed by atoms with Crippen LogP contribution in [0.25, 0.3) is 0 Å². The van der Waals surface area contributed by atoms with Crippen molar-refractivity contribution >= 4 is 41.0 Å². The van der Waals surface area contributed by atoms with Gasteiger partial charge >= 0.3 is 0 Å². The third-order valence-corrected chi connectivity index (χ3v) is 6.42. The second-order valence-electron chi connectivity index (χ2n) is 8.94. The Labute approximate surface area is 172 Å². The molecule has 3 aliphatic heterocycles. The molecule has 3 N–H and O–H groups in total. The summed E-state index contributed by atoms with van der Waals surface area (Å²) in [4.78, 5) is 52.2. The Balaban J connectivity index is 1.88. The number of hydrogen-bond acceptors (Lipinski definition) is 5. The molecule has 0 unspecified atom stereocenters. The second-order valence-corrected chi connectivity index (χ2v) is 9.38. The van der Waals surface area contributed by atoms with E-state index in [0.717, 1.165) is 0 Å². The molecule has 3 heterocycles. The lowest BCUT2D eigenvalue weighted by Crippen LogP contribution is -2.99. The number of quaternary nitrogens is 1. The molecule has 3 amide bonds. The fourth-order valence-electron chi connectivity index (χ4n) is 5.14. The first-order valence-corrected chi connectivity index (χ1v) is 9.91. The van der Waals surface area contributed by atoms with Gasteiger partial charge in [-0.3, -0.25) is 19.3 Å². The summed E-state index contributed by atoms with van der Waals surface area (Å²) < 4.78 is 0. The van der Waals surface area contributed by atoms with Crippen LogP contribution >= 0.6 is 11.6 Å². The predicted molar refractivity (Wildman–Crippen MR) is 100 cm³/mol. The van der Waals surface area contributed by atoms with Crippen molar-refractivity contribution in [1.82, 2.24) is 4.90 Å². The Morgan fingerprint density at radius 2 is 1.97 bits per heavy atom. The van der Waals surface area contributed by atoms with E-state index in [1.54, 1.807) is 44.3 Å². The van der Waals surface area contributed by atoms with Gasteiger partial charge in [0.05, 0.1) is 5.69 Å². The van der Waals surface area contributed by atoms with Gasteiger partial charge in [0, 0.05) is 28.5 Å². The number of carbonyl (C=O) groups excluding carboxylic acids is 4. The second kappa shape index (κ2) is 6.27. The van der Waals surface area contributed by atoms with Crippen LogP contribution in [0.2, 0.25) is 5.02 Å². The summed E-state index contributed by atoms with van der Waals surface area (Å²) in [5.74, 6) is -4.13. The van der Waals surface area contributed by atoms with E-state index >= 15 is 0 Å². The van der Waals surface area contributed by atoms with Gasteiger partial charge in [-0.1, -0.05) is 11.6 Å². The average Bonchev–Trinajstić information content (AvgIpc) is 3.18. The maximum Gasteiger partial charge on any atom is 0.291 e. The standard InChI is InChI=1S/C20H22ClN3O5/c1-19(2,3)24-16(27)14-12(6-7-13(25)26)23-20(15(14)17(24)28)10-8-9(21)4-5-11(10)22-18(20)29/h4-5,8,12,14-15,23H,6-7H2,1-3H3,(H,22,29)(H,25,26)/t12-,14+,15-,20-/m0/s1. The van der Waals surface area contributed by atoms with Crippen LogP contribution in [0.1, 0.15) is 39.2 Å². The Hall–Kier alpha value is -2.45. The summed E-state index contributed by atoms with van der Waals surface area (Å²) in [5.41, 5.74) is -1.01. The van der Waals surface area contributed by atoms with Gasteiger partial charge < -0.3 is 20.5 Å². The predicted octanol–water partition coefficient (Wildman–Crippen LogP) is -0.637. The first kappa shape index (κ1) is 19.8. The van der Waals surface area contributed by atoms with E-state index in [9.17, 15) is 24.3 Å². The number of carboxylic acid groups (broad SMARTS) is 1. The molecule has 9 heteroatoms. The highest BCUT2D eigenvalue weighted by Crippen LogP contribution is 2.51. The number of imide groups is 1. The van der Waals surface area contributed by atoms with Crippen molar-refractivity contribution in [2.24, 2.45) is 11.8 Å². The lowest BCUT2D eigenvalue weighted by atomic mass is 9.76. The molecule has 0 bridgehead atoms. The van der Waals surface area contributed by atoms with Crippen LogP contribution in [-0.2, 0) is 24.7 Å². The van der Waals surface area contributed by atoms with E-state index in [0.29, 0.717) is 16.3 Å². The molecule has 0 radical (unpaired) electrons. The molecular weight excluding hydrogens is 398 g/mol. The van der Waals surface area contributed by atoms with Crippen molar-refractivity contribution in [1.29, 1.82) is 0 Å². The third-order valence-electron chi connectivity index (χ3n) is 6.18. The van der Waals surface area contributed by atoms with Gasteiger partial charge in [-0.05, 0) is 45.4 Å². The zero-order valence-corrected chi connectivity index (χ0v) is 17.1. The number of anilines is 1. The normalized spacial score (nSPS) is 30.7. The van der Waals surface area contributed by atoms with Gasteiger partial charge in [-0.2, -0.15) is 0 Å². The van der Waals surface area contributed by atoms with Crippen molar-refractivity contribution in [3.63, 3.8) is 0 Å². The molecule has 1 spiro atoms. The van der Waals surface area contributed by atoms with Crippen LogP contribution < -0.4 is 15.7 Å². The van der Waals surface area contributed by atoms with Gasteiger partial charge in [-0.25, -0.2) is 0 Å². The SMILES string of the molecule is CC(C)(C)N1C(=O)[C@@H]2[C@H](CCC(=O)[O-])[NH2+][C@]3(C(=O)Nc4ccc(Cl)cc43)[C@@H]2C1=O. The number of amides is 3. The molecule has 4 atom stereocenters. The summed E-state index contributed by atoms with van der Waals surface area (Å²) in [7, 11) is 0. The van der Waals surface area contributed by atoms with Gasteiger partial charge in [-0.15, -0.1) is 0 Å². The highest BCUT2D eigenvalue weighted by Gasteiger charge is 2.74. The third kappa shape index (κ3) is 2.69. The first-order valence-electron chi connectivity index (χ1n) is 9.53. The monoisotopic (exact) mass is 419 g/mol. The number of likely N-dealkylation sites (tertiary alicyclic amines) is 1. The Morgan fingerprint density at radius 1 is 1.28 bits per heavy atom. The molecule has 3 aliphatic rings. The molecule has 154 valence electrons. The molecule has 8 nitrogen and oxygen atoms in total. The van der Waals surface area contributed by atoms with Gasteiger partial charge in [0.1, 0.15) is 17.9 Å². The number of nitrogens with one attached hydrogen (secondary N) is 1. The van der Waals surface area contributed by atoms with E-state index in [-0.39, 0.29) is 18.7 Å². The largest absolute Gasteiger partial charge is 0.550 e. The molecule has 0 aromatic heterocycles. The highest BCUT2D eigenvalue weighted by molar-refractivity contribution is 6.31. The molecule has 0 aliphatic carbocycles. The number of nitrogens with two attached hydrogens (primary N) is 1. The van der Waals surface area contributed by atoms with Crippen LogP contribution in [0.5, 0.6) is 0 Å². The van der Waals surface area contributed by atoms with Crippen molar-refractivity contribution < 1.29 is 29.6 Å². The minimum atomic E-state index is -1.35. The number of nitrogens with zero attached hydrogens (tertiary/aromatic N) is 1. The maximum absolute atomic E-state index is 13.5. The number of carboxylic acids is 1. The van der Waals surface area contributed by atoms with E-state index in [1.165, 1.54) is 4.90 Å². The van der Waals surface area contributed by atoms with E-state index < -0.39 is 46.7 Å². The zero-order chi connectivity index (χ0) is 21.3. The molecule has 29 heavy (non-hydrogen) atoms. The molecule has 4 rings (SSSR count). The van der Waals surface area contributed by atoms with E-state index in [4.69, 9.17) is 11.6 Å². The molecule has 1 aromatic carbocycles. The maximum atomic E-state index is 13.5. The Morgan fingerprint density at radius 3 is 2.59 bits per heavy atom. The van der Waals surface area contributed by atoms with Crippen molar-refractivity contribution in [2.45, 2.75) is 50.7 Å². The fourth-order valence-corrected chi connectivity index (χ4v) is 5.32. The molecule has 0 saturated carbocycles. The smallest absolute Gasteiger partial charge is 0.291 e. The molecule has 2 fully saturated rings. The van der Waals surface area contributed by atoms with Gasteiger partial charge in [0.15, 0.2) is 0 Å². The lowest BCUT2D eigenvalue weighted by molar-refractivity contribution is -0.734. The number of halogens is 1. The molecular formula is C20H22ClN3O5. The van der Waals surface area contributed by atoms with Crippen LogP contribution in [0.4, 0.5) is 5.69 Å². The zero-order valence-electron chi connectivity index (χ0n) is 16.3. The van der Waals surface area contributed by atoms with Crippen molar-refractivity contribution in [3.05, 3.63) is 28.8 Å². The lowest BCUT2D eigenvalue weighted by Gasteiger charge is -2.33. The summed E-state index contributed by atoms with van der Waals surface area (Å²) >= 11 is 6.18. The van der Waals surface area contributed by atoms with Gasteiger partial charge in [0.25, 0.3) is 5.91 Å².